The number of hydrogen-bond donors (Lipinski definition) is 3. The van der Waals surface area contributed by atoms with Crippen molar-refractivity contribution >= 4 is 35.2 Å². The highest BCUT2D eigenvalue weighted by molar-refractivity contribution is 7.05. The van der Waals surface area contributed by atoms with Crippen molar-refractivity contribution < 1.29 is 23.9 Å². The molecular formula is C22H26N4O5S. The Morgan fingerprint density at radius 2 is 2.00 bits per heavy atom. The molecule has 0 radical (unpaired) electrons. The van der Waals surface area contributed by atoms with Gasteiger partial charge in [0, 0.05) is 24.0 Å². The van der Waals surface area contributed by atoms with Gasteiger partial charge in [-0.25, -0.2) is 9.17 Å². The van der Waals surface area contributed by atoms with Gasteiger partial charge < -0.3 is 20.7 Å². The summed E-state index contributed by atoms with van der Waals surface area (Å²) in [5.41, 5.74) is 1.75. The topological polar surface area (TPSA) is 126 Å². The minimum absolute atomic E-state index is 0.0640. The first kappa shape index (κ1) is 23.4. The second-order valence-corrected chi connectivity index (χ2v) is 8.72. The molecule has 0 fully saturated rings. The molecule has 2 unspecified atom stereocenters. The molecule has 3 rings (SSSR count). The fraction of sp³-hybridized carbons (Fsp3) is 0.409. The van der Waals surface area contributed by atoms with Crippen LogP contribution in [0, 0.1) is 5.92 Å². The van der Waals surface area contributed by atoms with Gasteiger partial charge >= 0.3 is 6.09 Å². The molecule has 32 heavy (non-hydrogen) atoms. The first-order chi connectivity index (χ1) is 15.3. The fourth-order valence-corrected chi connectivity index (χ4v) is 4.12. The first-order valence-electron chi connectivity index (χ1n) is 10.4. The standard InChI is InChI=1S/C22H26N4O5S/c1-13(2)18(26-22(30)31-12-14-6-4-3-5-7-14)20(28)25-16-10-17-15(11-24-32-17)8-9-23-21(29)19(16)27/h3-7,11,13,16,18H,8-10,12H2,1-2H3,(H,23,29)(H,25,28)(H,26,30). The van der Waals surface area contributed by atoms with E-state index in [9.17, 15) is 19.2 Å². The van der Waals surface area contributed by atoms with E-state index in [1.807, 2.05) is 30.3 Å². The van der Waals surface area contributed by atoms with Crippen molar-refractivity contribution in [2.75, 3.05) is 6.54 Å². The van der Waals surface area contributed by atoms with Crippen molar-refractivity contribution in [3.8, 4) is 0 Å². The molecule has 2 heterocycles. The highest BCUT2D eigenvalue weighted by Crippen LogP contribution is 2.18. The Kier molecular flexibility index (Phi) is 7.93. The van der Waals surface area contributed by atoms with Crippen LogP contribution in [0.3, 0.4) is 0 Å². The molecule has 0 bridgehead atoms. The van der Waals surface area contributed by atoms with Gasteiger partial charge in [-0.15, -0.1) is 0 Å². The molecule has 1 aromatic heterocycles. The first-order valence-corrected chi connectivity index (χ1v) is 11.1. The van der Waals surface area contributed by atoms with Crippen molar-refractivity contribution in [1.82, 2.24) is 20.3 Å². The van der Waals surface area contributed by atoms with Crippen LogP contribution in [0.2, 0.25) is 0 Å². The van der Waals surface area contributed by atoms with Crippen LogP contribution >= 0.6 is 11.5 Å². The number of rotatable bonds is 6. The monoisotopic (exact) mass is 458 g/mol. The molecule has 1 aliphatic heterocycles. The zero-order chi connectivity index (χ0) is 23.1. The number of alkyl carbamates (subject to hydrolysis) is 1. The lowest BCUT2D eigenvalue weighted by Crippen LogP contribution is -2.56. The van der Waals surface area contributed by atoms with Crippen LogP contribution in [-0.2, 0) is 38.6 Å². The molecule has 1 aliphatic rings. The third kappa shape index (κ3) is 6.13. The van der Waals surface area contributed by atoms with E-state index in [0.29, 0.717) is 13.0 Å². The van der Waals surface area contributed by atoms with E-state index >= 15 is 0 Å². The van der Waals surface area contributed by atoms with Crippen molar-refractivity contribution in [2.24, 2.45) is 5.92 Å². The quantitative estimate of drug-likeness (QED) is 0.561. The Morgan fingerprint density at radius 1 is 1.25 bits per heavy atom. The molecule has 1 aromatic carbocycles. The number of ether oxygens (including phenoxy) is 1. The number of nitrogens with one attached hydrogen (secondary N) is 3. The van der Waals surface area contributed by atoms with Gasteiger partial charge in [-0.2, -0.15) is 0 Å². The van der Waals surface area contributed by atoms with Gasteiger partial charge in [0.15, 0.2) is 0 Å². The number of benzene rings is 1. The second kappa shape index (κ2) is 10.9. The van der Waals surface area contributed by atoms with Crippen LogP contribution in [-0.4, -0.2) is 46.7 Å². The van der Waals surface area contributed by atoms with Gasteiger partial charge in [0.05, 0.1) is 0 Å². The minimum atomic E-state index is -1.05. The van der Waals surface area contributed by atoms with Gasteiger partial charge in [0.25, 0.3) is 5.91 Å². The van der Waals surface area contributed by atoms with Crippen LogP contribution in [0.25, 0.3) is 0 Å². The maximum absolute atomic E-state index is 13.0. The Balaban J connectivity index is 1.66. The molecule has 3 N–H and O–H groups in total. The molecule has 0 saturated carbocycles. The van der Waals surface area contributed by atoms with Crippen LogP contribution < -0.4 is 16.0 Å². The molecule has 0 aliphatic carbocycles. The molecule has 0 spiro atoms. The number of nitrogens with zero attached hydrogens (tertiary/aromatic N) is 1. The van der Waals surface area contributed by atoms with E-state index < -0.39 is 35.8 Å². The maximum Gasteiger partial charge on any atom is 0.408 e. The summed E-state index contributed by atoms with van der Waals surface area (Å²) in [6, 6.07) is 7.17. The highest BCUT2D eigenvalue weighted by atomic mass is 32.1. The predicted molar refractivity (Wildman–Crippen MR) is 118 cm³/mol. The second-order valence-electron chi connectivity index (χ2n) is 7.84. The highest BCUT2D eigenvalue weighted by Gasteiger charge is 2.33. The number of Topliss-reactive ketones (excluding diaryl/α,β-unsaturated/α-hetero) is 1. The lowest BCUT2D eigenvalue weighted by molar-refractivity contribution is -0.140. The zero-order valence-corrected chi connectivity index (χ0v) is 18.7. The number of hydrogen-bond acceptors (Lipinski definition) is 7. The molecule has 0 saturated heterocycles. The van der Waals surface area contributed by atoms with Crippen LogP contribution in [0.15, 0.2) is 36.5 Å². The lowest BCUT2D eigenvalue weighted by Gasteiger charge is -2.24. The van der Waals surface area contributed by atoms with Gasteiger partial charge in [0.1, 0.15) is 18.7 Å². The van der Waals surface area contributed by atoms with E-state index in [2.05, 4.69) is 20.3 Å². The Bertz CT molecular complexity index is 976. The average Bonchev–Trinajstić information content (AvgIpc) is 3.22. The summed E-state index contributed by atoms with van der Waals surface area (Å²) in [5.74, 6) is -2.31. The third-order valence-electron chi connectivity index (χ3n) is 5.09. The molecule has 170 valence electrons. The Labute approximate surface area is 190 Å². The Morgan fingerprint density at radius 3 is 2.72 bits per heavy atom. The number of carbonyl (C=O) groups excluding carboxylic acids is 4. The van der Waals surface area contributed by atoms with Crippen LogP contribution in [0.4, 0.5) is 4.79 Å². The summed E-state index contributed by atoms with van der Waals surface area (Å²) < 4.78 is 9.36. The van der Waals surface area contributed by atoms with E-state index in [4.69, 9.17) is 4.74 Å². The largest absolute Gasteiger partial charge is 0.445 e. The SMILES string of the molecule is CC(C)C(NC(=O)OCc1ccccc1)C(=O)NC1Cc2sncc2CCNC(=O)C1=O. The maximum atomic E-state index is 13.0. The predicted octanol–water partition coefficient (Wildman–Crippen LogP) is 1.36. The number of carbonyl (C=O) groups is 4. The number of ketones is 1. The number of amides is 3. The van der Waals surface area contributed by atoms with Gasteiger partial charge in [0.2, 0.25) is 11.7 Å². The Hall–Kier alpha value is -3.27. The number of aromatic nitrogens is 1. The zero-order valence-electron chi connectivity index (χ0n) is 17.9. The summed E-state index contributed by atoms with van der Waals surface area (Å²) in [6.07, 6.45) is 1.70. The smallest absolute Gasteiger partial charge is 0.408 e. The summed E-state index contributed by atoms with van der Waals surface area (Å²) in [6.45, 7) is 3.91. The van der Waals surface area contributed by atoms with E-state index in [1.54, 1.807) is 20.0 Å². The van der Waals surface area contributed by atoms with E-state index in [-0.39, 0.29) is 18.9 Å². The van der Waals surface area contributed by atoms with Crippen LogP contribution in [0.5, 0.6) is 0 Å². The average molecular weight is 459 g/mol. The van der Waals surface area contributed by atoms with Gasteiger partial charge in [-0.1, -0.05) is 44.2 Å². The summed E-state index contributed by atoms with van der Waals surface area (Å²) in [5, 5.41) is 7.78. The molecular weight excluding hydrogens is 432 g/mol. The third-order valence-corrected chi connectivity index (χ3v) is 5.95. The number of fused-ring (bicyclic) bond motifs is 1. The van der Waals surface area contributed by atoms with Gasteiger partial charge in [-0.05, 0) is 35.0 Å². The molecule has 10 heteroatoms. The summed E-state index contributed by atoms with van der Waals surface area (Å²) in [4.78, 5) is 50.9. The fourth-order valence-electron chi connectivity index (χ4n) is 3.30. The molecule has 9 nitrogen and oxygen atoms in total. The van der Waals surface area contributed by atoms with Crippen molar-refractivity contribution in [1.29, 1.82) is 0 Å². The minimum Gasteiger partial charge on any atom is -0.445 e. The van der Waals surface area contributed by atoms with Gasteiger partial charge in [-0.3, -0.25) is 14.4 Å². The van der Waals surface area contributed by atoms with Crippen molar-refractivity contribution in [3.63, 3.8) is 0 Å². The molecule has 2 atom stereocenters. The van der Waals surface area contributed by atoms with E-state index in [0.717, 1.165) is 16.0 Å². The molecule has 3 amide bonds. The summed E-state index contributed by atoms with van der Waals surface area (Å²) >= 11 is 1.24. The summed E-state index contributed by atoms with van der Waals surface area (Å²) in [7, 11) is 0. The molecule has 2 aromatic rings. The van der Waals surface area contributed by atoms with E-state index in [1.165, 1.54) is 11.5 Å². The van der Waals surface area contributed by atoms with Crippen molar-refractivity contribution in [3.05, 3.63) is 52.5 Å². The van der Waals surface area contributed by atoms with Crippen molar-refractivity contribution in [2.45, 2.75) is 45.4 Å². The van der Waals surface area contributed by atoms with Crippen LogP contribution in [0.1, 0.15) is 29.9 Å². The lowest BCUT2D eigenvalue weighted by atomic mass is 10.0. The normalized spacial score (nSPS) is 17.3.